The van der Waals surface area contributed by atoms with Crippen molar-refractivity contribution in [1.29, 1.82) is 0 Å². The molecule has 1 aliphatic rings. The Bertz CT molecular complexity index is 427. The van der Waals surface area contributed by atoms with E-state index >= 15 is 0 Å². The first-order valence-electron chi connectivity index (χ1n) is 6.41. The summed E-state index contributed by atoms with van der Waals surface area (Å²) in [6.45, 7) is 8.58. The minimum Gasteiger partial charge on any atom is -0.324 e. The van der Waals surface area contributed by atoms with Gasteiger partial charge in [-0.3, -0.25) is 4.79 Å². The van der Waals surface area contributed by atoms with Crippen molar-refractivity contribution in [2.24, 2.45) is 0 Å². The minimum absolute atomic E-state index is 0.0391. The van der Waals surface area contributed by atoms with Crippen LogP contribution in [0.4, 0.5) is 5.69 Å². The molecule has 0 saturated carbocycles. The van der Waals surface area contributed by atoms with E-state index in [4.69, 9.17) is 0 Å². The SMILES string of the molecule is Cc1cc(C)c(NC(=O)C2CNCCN2)c(C)c1. The van der Waals surface area contributed by atoms with Gasteiger partial charge in [0.2, 0.25) is 5.91 Å². The molecule has 1 heterocycles. The van der Waals surface area contributed by atoms with Crippen molar-refractivity contribution in [3.63, 3.8) is 0 Å². The molecule has 1 saturated heterocycles. The van der Waals surface area contributed by atoms with Gasteiger partial charge in [0.15, 0.2) is 0 Å². The molecular weight excluding hydrogens is 226 g/mol. The van der Waals surface area contributed by atoms with E-state index in [0.717, 1.165) is 29.9 Å². The number of aryl methyl sites for hydroxylation is 3. The standard InChI is InChI=1S/C14H21N3O/c1-9-6-10(2)13(11(3)7-9)17-14(18)12-8-15-4-5-16-12/h6-7,12,15-16H,4-5,8H2,1-3H3,(H,17,18). The summed E-state index contributed by atoms with van der Waals surface area (Å²) in [5, 5.41) is 9.47. The molecule has 1 aromatic carbocycles. The molecule has 0 aliphatic carbocycles. The van der Waals surface area contributed by atoms with Gasteiger partial charge in [-0.1, -0.05) is 17.7 Å². The molecule has 18 heavy (non-hydrogen) atoms. The van der Waals surface area contributed by atoms with Crippen LogP contribution >= 0.6 is 0 Å². The average molecular weight is 247 g/mol. The van der Waals surface area contributed by atoms with Gasteiger partial charge >= 0.3 is 0 Å². The second-order valence-corrected chi connectivity index (χ2v) is 4.97. The zero-order valence-corrected chi connectivity index (χ0v) is 11.3. The van der Waals surface area contributed by atoms with Crippen molar-refractivity contribution in [3.05, 3.63) is 28.8 Å². The van der Waals surface area contributed by atoms with Gasteiger partial charge in [-0.05, 0) is 31.9 Å². The van der Waals surface area contributed by atoms with Crippen LogP contribution in [0.1, 0.15) is 16.7 Å². The average Bonchev–Trinajstić information content (AvgIpc) is 2.34. The van der Waals surface area contributed by atoms with E-state index in [9.17, 15) is 4.79 Å². The maximum atomic E-state index is 12.1. The van der Waals surface area contributed by atoms with Gasteiger partial charge in [-0.2, -0.15) is 0 Å². The molecule has 1 unspecified atom stereocenters. The van der Waals surface area contributed by atoms with Crippen molar-refractivity contribution in [2.45, 2.75) is 26.8 Å². The molecule has 4 heteroatoms. The lowest BCUT2D eigenvalue weighted by Gasteiger charge is -2.24. The maximum Gasteiger partial charge on any atom is 0.242 e. The summed E-state index contributed by atoms with van der Waals surface area (Å²) in [5.74, 6) is 0.0391. The number of benzene rings is 1. The number of nitrogens with one attached hydrogen (secondary N) is 3. The monoisotopic (exact) mass is 247 g/mol. The van der Waals surface area contributed by atoms with E-state index in [1.165, 1.54) is 5.56 Å². The van der Waals surface area contributed by atoms with Crippen molar-refractivity contribution >= 4 is 11.6 Å². The summed E-state index contributed by atoms with van der Waals surface area (Å²) >= 11 is 0. The lowest BCUT2D eigenvalue weighted by Crippen LogP contribution is -2.54. The van der Waals surface area contributed by atoms with E-state index < -0.39 is 0 Å². The normalized spacial score (nSPS) is 19.6. The number of piperazine rings is 1. The summed E-state index contributed by atoms with van der Waals surface area (Å²) in [5.41, 5.74) is 4.40. The van der Waals surface area contributed by atoms with Crippen LogP contribution in [0.15, 0.2) is 12.1 Å². The Balaban J connectivity index is 2.11. The molecule has 1 amide bonds. The van der Waals surface area contributed by atoms with Crippen LogP contribution in [0.2, 0.25) is 0 Å². The van der Waals surface area contributed by atoms with Crippen LogP contribution in [0.5, 0.6) is 0 Å². The Morgan fingerprint density at radius 3 is 2.44 bits per heavy atom. The number of carbonyl (C=O) groups is 1. The van der Waals surface area contributed by atoms with E-state index in [0.29, 0.717) is 6.54 Å². The highest BCUT2D eigenvalue weighted by Crippen LogP contribution is 2.22. The Hall–Kier alpha value is -1.39. The third kappa shape index (κ3) is 2.89. The quantitative estimate of drug-likeness (QED) is 0.734. The van der Waals surface area contributed by atoms with Crippen molar-refractivity contribution in [3.8, 4) is 0 Å². The Morgan fingerprint density at radius 1 is 1.22 bits per heavy atom. The van der Waals surface area contributed by atoms with Crippen LogP contribution in [-0.2, 0) is 4.79 Å². The molecule has 1 fully saturated rings. The topological polar surface area (TPSA) is 53.2 Å². The molecule has 0 bridgehead atoms. The summed E-state index contributed by atoms with van der Waals surface area (Å²) in [4.78, 5) is 12.1. The third-order valence-corrected chi connectivity index (χ3v) is 3.28. The summed E-state index contributed by atoms with van der Waals surface area (Å²) in [6, 6.07) is 4.04. The molecule has 0 radical (unpaired) electrons. The molecule has 1 aromatic rings. The van der Waals surface area contributed by atoms with Gasteiger partial charge in [0, 0.05) is 25.3 Å². The fourth-order valence-electron chi connectivity index (χ4n) is 2.43. The molecule has 0 aromatic heterocycles. The van der Waals surface area contributed by atoms with E-state index in [-0.39, 0.29) is 11.9 Å². The first-order chi connectivity index (χ1) is 8.58. The van der Waals surface area contributed by atoms with E-state index in [1.54, 1.807) is 0 Å². The molecule has 1 aliphatic heterocycles. The number of rotatable bonds is 2. The van der Waals surface area contributed by atoms with Crippen LogP contribution in [0.3, 0.4) is 0 Å². The van der Waals surface area contributed by atoms with E-state index in [1.807, 2.05) is 13.8 Å². The first-order valence-corrected chi connectivity index (χ1v) is 6.41. The zero-order chi connectivity index (χ0) is 13.1. The summed E-state index contributed by atoms with van der Waals surface area (Å²) in [7, 11) is 0. The number of amides is 1. The highest BCUT2D eigenvalue weighted by Gasteiger charge is 2.21. The predicted octanol–water partition coefficient (Wildman–Crippen LogP) is 1.11. The highest BCUT2D eigenvalue weighted by atomic mass is 16.2. The van der Waals surface area contributed by atoms with Gasteiger partial charge in [0.25, 0.3) is 0 Å². The van der Waals surface area contributed by atoms with Crippen molar-refractivity contribution in [1.82, 2.24) is 10.6 Å². The van der Waals surface area contributed by atoms with Crippen molar-refractivity contribution < 1.29 is 4.79 Å². The molecular formula is C14H21N3O. The fraction of sp³-hybridized carbons (Fsp3) is 0.500. The molecule has 2 rings (SSSR count). The number of hydrogen-bond donors (Lipinski definition) is 3. The van der Waals surface area contributed by atoms with E-state index in [2.05, 4.69) is 35.0 Å². The largest absolute Gasteiger partial charge is 0.324 e. The zero-order valence-electron chi connectivity index (χ0n) is 11.3. The Kier molecular flexibility index (Phi) is 3.99. The summed E-state index contributed by atoms with van der Waals surface area (Å²) < 4.78 is 0. The summed E-state index contributed by atoms with van der Waals surface area (Å²) in [6.07, 6.45) is 0. The molecule has 3 N–H and O–H groups in total. The second-order valence-electron chi connectivity index (χ2n) is 4.97. The minimum atomic E-state index is -0.140. The lowest BCUT2D eigenvalue weighted by atomic mass is 10.0. The van der Waals surface area contributed by atoms with Crippen molar-refractivity contribution in [2.75, 3.05) is 25.0 Å². The predicted molar refractivity (Wildman–Crippen MR) is 73.9 cm³/mol. The molecule has 1 atom stereocenters. The van der Waals surface area contributed by atoms with Gasteiger partial charge in [0.05, 0.1) is 6.04 Å². The van der Waals surface area contributed by atoms with Gasteiger partial charge in [-0.25, -0.2) is 0 Å². The number of carbonyl (C=O) groups excluding carboxylic acids is 1. The van der Waals surface area contributed by atoms with Crippen LogP contribution in [0, 0.1) is 20.8 Å². The number of anilines is 1. The van der Waals surface area contributed by atoms with Crippen LogP contribution < -0.4 is 16.0 Å². The van der Waals surface area contributed by atoms with Gasteiger partial charge < -0.3 is 16.0 Å². The first kappa shape index (κ1) is 13.1. The lowest BCUT2D eigenvalue weighted by molar-refractivity contribution is -0.118. The highest BCUT2D eigenvalue weighted by molar-refractivity contribution is 5.96. The molecule has 98 valence electrons. The fourth-order valence-corrected chi connectivity index (χ4v) is 2.43. The maximum absolute atomic E-state index is 12.1. The Labute approximate surface area is 108 Å². The Morgan fingerprint density at radius 2 is 1.89 bits per heavy atom. The molecule has 4 nitrogen and oxygen atoms in total. The third-order valence-electron chi connectivity index (χ3n) is 3.28. The van der Waals surface area contributed by atoms with Crippen LogP contribution in [-0.4, -0.2) is 31.6 Å². The second kappa shape index (κ2) is 5.50. The smallest absolute Gasteiger partial charge is 0.242 e. The van der Waals surface area contributed by atoms with Gasteiger partial charge in [0.1, 0.15) is 0 Å². The van der Waals surface area contributed by atoms with Crippen LogP contribution in [0.25, 0.3) is 0 Å². The van der Waals surface area contributed by atoms with Gasteiger partial charge in [-0.15, -0.1) is 0 Å². The molecule has 0 spiro atoms. The number of hydrogen-bond acceptors (Lipinski definition) is 3.